The molecule has 98 heavy (non-hydrogen) atoms. The summed E-state index contributed by atoms with van der Waals surface area (Å²) in [4.78, 5) is 72.9. The molecule has 0 spiro atoms. The number of carbonyl (C=O) groups is 4. The van der Waals surface area contributed by atoms with Gasteiger partial charge in [0.25, 0.3) is 0 Å². The van der Waals surface area contributed by atoms with Crippen molar-refractivity contribution in [1.82, 2.24) is 0 Å². The Balaban J connectivity index is 5.35. The SMILES string of the molecule is CCCCCC/C=C\C=C/CCCCCCCC(=O)O[C@H](COC(=O)CCCCCCC/C=C\CCCCCC)COP(=O)(O)OC[C@@H](O)COP(=O)(O)OC[C@@H](COC(=O)CCCCCCC/C=C\CCCCCCCC)OC(=O)CCCCCCC/C=C\CCCCCCCC. The largest absolute Gasteiger partial charge is 0.472 e. The first kappa shape index (κ1) is 94.8. The number of ether oxygens (including phenoxy) is 4. The van der Waals surface area contributed by atoms with E-state index in [4.69, 9.17) is 37.0 Å². The molecule has 0 saturated heterocycles. The molecule has 17 nitrogen and oxygen atoms in total. The lowest BCUT2D eigenvalue weighted by atomic mass is 10.1. The number of allylic oxidation sites excluding steroid dienone is 10. The van der Waals surface area contributed by atoms with Crippen LogP contribution in [0.25, 0.3) is 0 Å². The Kier molecular flexibility index (Phi) is 69.7. The number of hydrogen-bond donors (Lipinski definition) is 3. The van der Waals surface area contributed by atoms with Gasteiger partial charge in [0.05, 0.1) is 26.4 Å². The fourth-order valence-corrected chi connectivity index (χ4v) is 12.4. The molecule has 0 aromatic rings. The zero-order valence-corrected chi connectivity index (χ0v) is 64.3. The lowest BCUT2D eigenvalue weighted by Crippen LogP contribution is -2.30. The minimum absolute atomic E-state index is 0.0791. The number of rotatable bonds is 75. The molecule has 572 valence electrons. The van der Waals surface area contributed by atoms with E-state index in [0.29, 0.717) is 25.7 Å². The van der Waals surface area contributed by atoms with Crippen molar-refractivity contribution in [3.63, 3.8) is 0 Å². The lowest BCUT2D eigenvalue weighted by Gasteiger charge is -2.21. The van der Waals surface area contributed by atoms with Gasteiger partial charge in [-0.2, -0.15) is 0 Å². The summed E-state index contributed by atoms with van der Waals surface area (Å²) < 4.78 is 68.5. The average Bonchev–Trinajstić information content (AvgIpc) is 1.05. The van der Waals surface area contributed by atoms with Crippen LogP contribution in [0.15, 0.2) is 60.8 Å². The van der Waals surface area contributed by atoms with E-state index in [1.54, 1.807) is 0 Å². The van der Waals surface area contributed by atoms with Gasteiger partial charge in [0.1, 0.15) is 19.3 Å². The van der Waals surface area contributed by atoms with Crippen LogP contribution in [0.4, 0.5) is 0 Å². The van der Waals surface area contributed by atoms with Gasteiger partial charge >= 0.3 is 39.5 Å². The van der Waals surface area contributed by atoms with Crippen molar-refractivity contribution in [2.24, 2.45) is 0 Å². The number of phosphoric ester groups is 2. The van der Waals surface area contributed by atoms with Gasteiger partial charge in [0.2, 0.25) is 0 Å². The number of hydrogen-bond acceptors (Lipinski definition) is 15. The highest BCUT2D eigenvalue weighted by Gasteiger charge is 2.30. The van der Waals surface area contributed by atoms with Crippen LogP contribution < -0.4 is 0 Å². The molecular formula is C79H144O17P2. The molecule has 0 rings (SSSR count). The topological polar surface area (TPSA) is 237 Å². The summed E-state index contributed by atoms with van der Waals surface area (Å²) in [6.45, 7) is 4.84. The fourth-order valence-electron chi connectivity index (χ4n) is 10.8. The molecular weight excluding hydrogens is 1280 g/mol. The van der Waals surface area contributed by atoms with Gasteiger partial charge in [0, 0.05) is 25.7 Å². The Labute approximate surface area is 597 Å². The third-order valence-electron chi connectivity index (χ3n) is 17.0. The Hall–Kier alpha value is -3.24. The van der Waals surface area contributed by atoms with E-state index < -0.39 is 97.5 Å². The number of unbranched alkanes of at least 4 members (excludes halogenated alkanes) is 40. The molecule has 0 fully saturated rings. The summed E-state index contributed by atoms with van der Waals surface area (Å²) in [6, 6.07) is 0. The molecule has 0 heterocycles. The van der Waals surface area contributed by atoms with Gasteiger partial charge in [-0.05, 0) is 128 Å². The van der Waals surface area contributed by atoms with Crippen molar-refractivity contribution in [2.45, 2.75) is 380 Å². The lowest BCUT2D eigenvalue weighted by molar-refractivity contribution is -0.161. The molecule has 2 unspecified atom stereocenters. The van der Waals surface area contributed by atoms with Crippen molar-refractivity contribution in [3.05, 3.63) is 60.8 Å². The molecule has 0 aliphatic heterocycles. The molecule has 0 saturated carbocycles. The predicted molar refractivity (Wildman–Crippen MR) is 400 cm³/mol. The van der Waals surface area contributed by atoms with Gasteiger partial charge in [-0.1, -0.05) is 268 Å². The maximum atomic E-state index is 13.1. The van der Waals surface area contributed by atoms with Crippen molar-refractivity contribution in [1.29, 1.82) is 0 Å². The van der Waals surface area contributed by atoms with E-state index >= 15 is 0 Å². The van der Waals surface area contributed by atoms with Crippen molar-refractivity contribution >= 4 is 39.5 Å². The van der Waals surface area contributed by atoms with E-state index in [9.17, 15) is 43.2 Å². The van der Waals surface area contributed by atoms with Crippen molar-refractivity contribution < 1.29 is 80.2 Å². The standard InChI is InChI=1S/C79H144O17P2/c1-5-9-13-17-21-25-29-33-36-40-44-48-52-56-60-64-77(82)90-70-75(96-79(84)66-62-58-54-50-46-42-38-35-31-27-23-19-15-11-7-3)72-94-98(87,88)92-68-73(80)67-91-97(85,86)93-71-74(69-89-76(81)63-59-55-51-47-43-39-32-28-24-20-16-12-8-4)95-78(83)65-61-57-53-49-45-41-37-34-30-26-22-18-14-10-6-2/h26,28,30,32-38,73-75,80H,5-25,27,29,31,39-72H2,1-4H3,(H,85,86)(H,87,88)/b30-26-,32-28-,36-33-,37-34-,38-35-/t73-,74-,75-/m1/s1. The second-order valence-electron chi connectivity index (χ2n) is 26.7. The molecule has 0 aliphatic carbocycles. The highest BCUT2D eigenvalue weighted by atomic mass is 31.2. The molecule has 3 N–H and O–H groups in total. The maximum absolute atomic E-state index is 13.1. The van der Waals surface area contributed by atoms with Crippen LogP contribution in [0.3, 0.4) is 0 Å². The third kappa shape index (κ3) is 71.2. The Morgan fingerprint density at radius 3 is 0.776 bits per heavy atom. The maximum Gasteiger partial charge on any atom is 0.472 e. The normalized spacial score (nSPS) is 14.2. The Morgan fingerprint density at radius 1 is 0.286 bits per heavy atom. The number of aliphatic hydroxyl groups is 1. The fraction of sp³-hybridized carbons (Fsp3) is 0.823. The summed E-state index contributed by atoms with van der Waals surface area (Å²) >= 11 is 0. The number of phosphoric acid groups is 2. The number of aliphatic hydroxyl groups excluding tert-OH is 1. The molecule has 0 aromatic heterocycles. The Bertz CT molecular complexity index is 2100. The van der Waals surface area contributed by atoms with Gasteiger partial charge < -0.3 is 33.8 Å². The molecule has 19 heteroatoms. The number of esters is 4. The highest BCUT2D eigenvalue weighted by Crippen LogP contribution is 2.45. The quantitative estimate of drug-likeness (QED) is 0.0128. The summed E-state index contributed by atoms with van der Waals surface area (Å²) in [7, 11) is -9.95. The van der Waals surface area contributed by atoms with Gasteiger partial charge in [0.15, 0.2) is 12.2 Å². The summed E-state index contributed by atoms with van der Waals surface area (Å²) in [6.07, 6.45) is 70.5. The molecule has 0 bridgehead atoms. The summed E-state index contributed by atoms with van der Waals surface area (Å²) in [5, 5.41) is 10.6. The average molecular weight is 1430 g/mol. The van der Waals surface area contributed by atoms with Gasteiger partial charge in [-0.3, -0.25) is 37.3 Å². The van der Waals surface area contributed by atoms with Crippen LogP contribution >= 0.6 is 15.6 Å². The minimum atomic E-state index is -4.97. The van der Waals surface area contributed by atoms with Crippen molar-refractivity contribution in [3.8, 4) is 0 Å². The number of carbonyl (C=O) groups excluding carboxylic acids is 4. The predicted octanol–water partition coefficient (Wildman–Crippen LogP) is 22.7. The van der Waals surface area contributed by atoms with Crippen LogP contribution in [-0.4, -0.2) is 96.7 Å². The molecule has 0 aliphatic rings. The summed E-state index contributed by atoms with van der Waals surface area (Å²) in [5.74, 6) is -2.19. The third-order valence-corrected chi connectivity index (χ3v) is 18.9. The molecule has 0 aromatic carbocycles. The zero-order valence-electron chi connectivity index (χ0n) is 62.5. The molecule has 0 radical (unpaired) electrons. The summed E-state index contributed by atoms with van der Waals surface area (Å²) in [5.41, 5.74) is 0. The van der Waals surface area contributed by atoms with E-state index in [0.717, 1.165) is 154 Å². The van der Waals surface area contributed by atoms with Crippen molar-refractivity contribution in [2.75, 3.05) is 39.6 Å². The van der Waals surface area contributed by atoms with Gasteiger partial charge in [-0.15, -0.1) is 0 Å². The second-order valence-corrected chi connectivity index (χ2v) is 29.6. The van der Waals surface area contributed by atoms with Crippen LogP contribution in [0, 0.1) is 0 Å². The minimum Gasteiger partial charge on any atom is -0.462 e. The van der Waals surface area contributed by atoms with Crippen LogP contribution in [0.5, 0.6) is 0 Å². The monoisotopic (exact) mass is 1430 g/mol. The Morgan fingerprint density at radius 2 is 0.500 bits per heavy atom. The van der Waals surface area contributed by atoms with Gasteiger partial charge in [-0.25, -0.2) is 9.13 Å². The van der Waals surface area contributed by atoms with E-state index in [1.807, 2.05) is 0 Å². The van der Waals surface area contributed by atoms with Crippen LogP contribution in [-0.2, 0) is 65.4 Å². The first-order valence-corrected chi connectivity index (χ1v) is 42.5. The van der Waals surface area contributed by atoms with E-state index in [-0.39, 0.29) is 25.7 Å². The van der Waals surface area contributed by atoms with Crippen LogP contribution in [0.1, 0.15) is 362 Å². The first-order chi connectivity index (χ1) is 47.7. The van der Waals surface area contributed by atoms with Crippen LogP contribution in [0.2, 0.25) is 0 Å². The highest BCUT2D eigenvalue weighted by molar-refractivity contribution is 7.47. The smallest absolute Gasteiger partial charge is 0.462 e. The second kappa shape index (κ2) is 72.1. The van der Waals surface area contributed by atoms with E-state index in [2.05, 4.69) is 88.5 Å². The first-order valence-electron chi connectivity index (χ1n) is 39.5. The molecule has 5 atom stereocenters. The molecule has 0 amide bonds. The zero-order chi connectivity index (χ0) is 71.8. The van der Waals surface area contributed by atoms with E-state index in [1.165, 1.54) is 128 Å².